The van der Waals surface area contributed by atoms with Crippen molar-refractivity contribution in [2.45, 2.75) is 32.3 Å². The minimum Gasteiger partial charge on any atom is -0.494 e. The van der Waals surface area contributed by atoms with E-state index in [0.29, 0.717) is 18.3 Å². The van der Waals surface area contributed by atoms with Crippen LogP contribution in [0.5, 0.6) is 5.75 Å². The summed E-state index contributed by atoms with van der Waals surface area (Å²) in [6.07, 6.45) is 2.60. The summed E-state index contributed by atoms with van der Waals surface area (Å²) in [5.74, 6) is 0.643. The van der Waals surface area contributed by atoms with Crippen LogP contribution >= 0.6 is 12.2 Å². The highest BCUT2D eigenvalue weighted by Crippen LogP contribution is 2.12. The molecule has 1 aliphatic rings. The maximum atomic E-state index is 11.9. The second-order valence-electron chi connectivity index (χ2n) is 5.27. The van der Waals surface area contributed by atoms with Crippen molar-refractivity contribution in [3.8, 4) is 5.75 Å². The van der Waals surface area contributed by atoms with Gasteiger partial charge in [-0.2, -0.15) is 0 Å². The van der Waals surface area contributed by atoms with Crippen LogP contribution in [0.4, 0.5) is 0 Å². The van der Waals surface area contributed by atoms with Gasteiger partial charge in [-0.15, -0.1) is 0 Å². The molecule has 0 spiro atoms. The van der Waals surface area contributed by atoms with Crippen LogP contribution in [-0.2, 0) is 16.0 Å². The highest BCUT2D eigenvalue weighted by Gasteiger charge is 2.15. The molecular formula is C16H23N3O3S. The Morgan fingerprint density at radius 2 is 2.13 bits per heavy atom. The maximum Gasteiger partial charge on any atom is 0.242 e. The number of rotatable bonds is 6. The van der Waals surface area contributed by atoms with E-state index < -0.39 is 0 Å². The van der Waals surface area contributed by atoms with Crippen LogP contribution in [0.1, 0.15) is 25.3 Å². The van der Waals surface area contributed by atoms with E-state index in [9.17, 15) is 4.79 Å². The molecule has 1 atom stereocenters. The molecule has 1 aromatic carbocycles. The first kappa shape index (κ1) is 17.5. The van der Waals surface area contributed by atoms with E-state index in [1.54, 1.807) is 0 Å². The van der Waals surface area contributed by atoms with E-state index in [2.05, 4.69) is 16.2 Å². The number of carbonyl (C=O) groups is 1. The van der Waals surface area contributed by atoms with Gasteiger partial charge in [0.1, 0.15) is 5.75 Å². The van der Waals surface area contributed by atoms with Gasteiger partial charge < -0.3 is 14.8 Å². The van der Waals surface area contributed by atoms with E-state index in [1.807, 2.05) is 31.2 Å². The zero-order valence-corrected chi connectivity index (χ0v) is 14.1. The Bertz CT molecular complexity index is 516. The number of nitrogens with one attached hydrogen (secondary N) is 3. The monoisotopic (exact) mass is 337 g/mol. The van der Waals surface area contributed by atoms with Gasteiger partial charge in [0.05, 0.1) is 19.1 Å². The fraction of sp³-hybridized carbons (Fsp3) is 0.500. The minimum atomic E-state index is -0.157. The van der Waals surface area contributed by atoms with Crippen LogP contribution < -0.4 is 20.9 Å². The Hall–Kier alpha value is -1.86. The number of thiocarbonyl (C=S) groups is 1. The first-order valence-electron chi connectivity index (χ1n) is 7.83. The molecule has 1 fully saturated rings. The average molecular weight is 337 g/mol. The number of benzene rings is 1. The fourth-order valence-corrected chi connectivity index (χ4v) is 2.42. The molecule has 1 aliphatic heterocycles. The van der Waals surface area contributed by atoms with Crippen molar-refractivity contribution in [3.63, 3.8) is 0 Å². The summed E-state index contributed by atoms with van der Waals surface area (Å²) in [4.78, 5) is 11.9. The Balaban J connectivity index is 1.64. The summed E-state index contributed by atoms with van der Waals surface area (Å²) in [5.41, 5.74) is 6.19. The van der Waals surface area contributed by atoms with Gasteiger partial charge in [-0.05, 0) is 49.7 Å². The van der Waals surface area contributed by atoms with Crippen molar-refractivity contribution in [1.29, 1.82) is 0 Å². The summed E-state index contributed by atoms with van der Waals surface area (Å²) in [5, 5.41) is 3.42. The minimum absolute atomic E-state index is 0.157. The van der Waals surface area contributed by atoms with Gasteiger partial charge in [-0.25, -0.2) is 0 Å². The van der Waals surface area contributed by atoms with Gasteiger partial charge in [0.2, 0.25) is 5.91 Å². The number of amides is 1. The largest absolute Gasteiger partial charge is 0.494 e. The van der Waals surface area contributed by atoms with Crippen molar-refractivity contribution < 1.29 is 14.3 Å². The lowest BCUT2D eigenvalue weighted by molar-refractivity contribution is -0.121. The van der Waals surface area contributed by atoms with E-state index >= 15 is 0 Å². The molecule has 1 heterocycles. The van der Waals surface area contributed by atoms with Crippen molar-refractivity contribution in [3.05, 3.63) is 29.8 Å². The van der Waals surface area contributed by atoms with Crippen LogP contribution in [0.3, 0.4) is 0 Å². The van der Waals surface area contributed by atoms with Gasteiger partial charge in [0, 0.05) is 13.2 Å². The molecule has 0 aliphatic carbocycles. The van der Waals surface area contributed by atoms with Crippen LogP contribution in [0.15, 0.2) is 24.3 Å². The zero-order valence-electron chi connectivity index (χ0n) is 13.3. The molecular weight excluding hydrogens is 314 g/mol. The molecule has 0 saturated carbocycles. The molecule has 23 heavy (non-hydrogen) atoms. The molecule has 0 bridgehead atoms. The number of hydrogen-bond acceptors (Lipinski definition) is 4. The van der Waals surface area contributed by atoms with Crippen LogP contribution in [0.2, 0.25) is 0 Å². The first-order valence-corrected chi connectivity index (χ1v) is 8.24. The Kier molecular flexibility index (Phi) is 7.09. The standard InChI is InChI=1S/C16H23N3O3S/c1-2-21-13-7-5-12(6-8-13)10-15(20)18-19-16(23)17-11-14-4-3-9-22-14/h5-8,14H,2-4,9-11H2,1H3,(H,18,20)(H2,17,19,23)/t14-/m0/s1. The Morgan fingerprint density at radius 3 is 2.78 bits per heavy atom. The second-order valence-corrected chi connectivity index (χ2v) is 5.68. The summed E-state index contributed by atoms with van der Waals surface area (Å²) in [7, 11) is 0. The van der Waals surface area contributed by atoms with E-state index in [4.69, 9.17) is 21.7 Å². The lowest BCUT2D eigenvalue weighted by Gasteiger charge is -2.14. The predicted octanol–water partition coefficient (Wildman–Crippen LogP) is 1.30. The first-order chi connectivity index (χ1) is 11.2. The zero-order chi connectivity index (χ0) is 16.5. The van der Waals surface area contributed by atoms with Crippen LogP contribution in [-0.4, -0.2) is 36.9 Å². The van der Waals surface area contributed by atoms with Crippen molar-refractivity contribution >= 4 is 23.2 Å². The number of ether oxygens (including phenoxy) is 2. The summed E-state index contributed by atoms with van der Waals surface area (Å²) < 4.78 is 10.9. The lowest BCUT2D eigenvalue weighted by atomic mass is 10.1. The smallest absolute Gasteiger partial charge is 0.242 e. The third kappa shape index (κ3) is 6.42. The normalized spacial score (nSPS) is 16.7. The molecule has 2 rings (SSSR count). The van der Waals surface area contributed by atoms with Gasteiger partial charge in [-0.1, -0.05) is 12.1 Å². The van der Waals surface area contributed by atoms with Gasteiger partial charge >= 0.3 is 0 Å². The predicted molar refractivity (Wildman–Crippen MR) is 92.2 cm³/mol. The van der Waals surface area contributed by atoms with E-state index in [-0.39, 0.29) is 18.4 Å². The van der Waals surface area contributed by atoms with Crippen molar-refractivity contribution in [2.24, 2.45) is 0 Å². The number of hydrogen-bond donors (Lipinski definition) is 3. The molecule has 1 amide bonds. The van der Waals surface area contributed by atoms with Crippen molar-refractivity contribution in [1.82, 2.24) is 16.2 Å². The molecule has 126 valence electrons. The molecule has 7 heteroatoms. The molecule has 3 N–H and O–H groups in total. The average Bonchev–Trinajstić information content (AvgIpc) is 3.06. The van der Waals surface area contributed by atoms with Gasteiger partial charge in [0.15, 0.2) is 5.11 Å². The van der Waals surface area contributed by atoms with Gasteiger partial charge in [0.25, 0.3) is 0 Å². The Labute approximate surface area is 141 Å². The maximum absolute atomic E-state index is 11.9. The molecule has 1 saturated heterocycles. The van der Waals surface area contributed by atoms with Crippen LogP contribution in [0.25, 0.3) is 0 Å². The molecule has 0 unspecified atom stereocenters. The third-order valence-corrected chi connectivity index (χ3v) is 3.68. The quantitative estimate of drug-likeness (QED) is 0.537. The van der Waals surface area contributed by atoms with Crippen LogP contribution in [0, 0.1) is 0 Å². The molecule has 0 aromatic heterocycles. The summed E-state index contributed by atoms with van der Waals surface area (Å²) in [6, 6.07) is 7.46. The van der Waals surface area contributed by atoms with E-state index in [0.717, 1.165) is 30.8 Å². The van der Waals surface area contributed by atoms with Gasteiger partial charge in [-0.3, -0.25) is 15.6 Å². The third-order valence-electron chi connectivity index (χ3n) is 3.43. The summed E-state index contributed by atoms with van der Waals surface area (Å²) in [6.45, 7) is 4.02. The number of carbonyl (C=O) groups excluding carboxylic acids is 1. The molecule has 6 nitrogen and oxygen atoms in total. The van der Waals surface area contributed by atoms with E-state index in [1.165, 1.54) is 0 Å². The highest BCUT2D eigenvalue weighted by atomic mass is 32.1. The molecule has 1 aromatic rings. The lowest BCUT2D eigenvalue weighted by Crippen LogP contribution is -2.48. The fourth-order valence-electron chi connectivity index (χ4n) is 2.28. The van der Waals surface area contributed by atoms with Crippen molar-refractivity contribution in [2.75, 3.05) is 19.8 Å². The summed E-state index contributed by atoms with van der Waals surface area (Å²) >= 11 is 5.11. The molecule has 0 radical (unpaired) electrons. The topological polar surface area (TPSA) is 71.6 Å². The Morgan fingerprint density at radius 1 is 1.35 bits per heavy atom. The SMILES string of the molecule is CCOc1ccc(CC(=O)NNC(=S)NC[C@@H]2CCCO2)cc1. The second kappa shape index (κ2) is 9.32. The highest BCUT2D eigenvalue weighted by molar-refractivity contribution is 7.80. The number of hydrazine groups is 1.